The number of sulfone groups is 1. The summed E-state index contributed by atoms with van der Waals surface area (Å²) < 4.78 is 33.1. The van der Waals surface area contributed by atoms with Crippen molar-refractivity contribution in [3.05, 3.63) is 59.9 Å². The molecule has 45 heavy (non-hydrogen) atoms. The Balaban J connectivity index is 0.00000230. The van der Waals surface area contributed by atoms with Crippen molar-refractivity contribution < 1.29 is 17.9 Å². The minimum Gasteiger partial charge on any atom is -0.444 e. The zero-order valence-electron chi connectivity index (χ0n) is 27.1. The second-order valence-electron chi connectivity index (χ2n) is 14.1. The standard InChI is InChI=1S/C34H46N4O4S.2ClH/c1-24-35-30-11-6-7-12-31(30)38(24)28-22-26-13-14-27(23-28)37(26)20-17-34(25-9-8-10-29(21-25)43(5,40)41)15-18-36(19-16-34)32(39)42-33(2,3)4;;/h6-12,21,26-28H,13-20,22-23H2,1-5H3;2*1H/t26-,27+,28?;;. The molecule has 3 fully saturated rings. The molecule has 6 rings (SSSR count). The number of hydrogen-bond donors (Lipinski definition) is 0. The first-order chi connectivity index (χ1) is 20.3. The van der Waals surface area contributed by atoms with Gasteiger partial charge in [-0.25, -0.2) is 18.2 Å². The van der Waals surface area contributed by atoms with Crippen molar-refractivity contribution in [3.8, 4) is 0 Å². The van der Waals surface area contributed by atoms with Crippen LogP contribution in [0, 0.1) is 6.92 Å². The molecule has 248 valence electrons. The van der Waals surface area contributed by atoms with Crippen molar-refractivity contribution in [2.45, 2.75) is 107 Å². The number of carbonyl (C=O) groups is 1. The lowest BCUT2D eigenvalue weighted by molar-refractivity contribution is 0.0143. The SMILES string of the molecule is Cc1nc2ccccc2n1C1C[C@H]2CC[C@@H](C1)N2CCC1(c2cccc(S(C)(=O)=O)c2)CCN(C(=O)OC(C)(C)C)CC1.Cl.Cl. The summed E-state index contributed by atoms with van der Waals surface area (Å²) >= 11 is 0. The van der Waals surface area contributed by atoms with Crippen LogP contribution in [0.4, 0.5) is 4.79 Å². The van der Waals surface area contributed by atoms with E-state index in [0.717, 1.165) is 55.6 Å². The molecule has 1 amide bonds. The number of imidazole rings is 1. The van der Waals surface area contributed by atoms with Gasteiger partial charge in [0.25, 0.3) is 0 Å². The van der Waals surface area contributed by atoms with Gasteiger partial charge < -0.3 is 14.2 Å². The lowest BCUT2D eigenvalue weighted by Crippen LogP contribution is -2.49. The van der Waals surface area contributed by atoms with Crippen molar-refractivity contribution in [3.63, 3.8) is 0 Å². The van der Waals surface area contributed by atoms with Crippen molar-refractivity contribution in [2.24, 2.45) is 0 Å². The molecule has 4 heterocycles. The minimum atomic E-state index is -3.33. The molecule has 3 aromatic rings. The van der Waals surface area contributed by atoms with Gasteiger partial charge in [-0.15, -0.1) is 24.8 Å². The van der Waals surface area contributed by atoms with E-state index in [4.69, 9.17) is 9.72 Å². The number of amides is 1. The average Bonchev–Trinajstić information content (AvgIpc) is 3.41. The molecule has 2 bridgehead atoms. The fraction of sp³-hybridized carbons (Fsp3) is 0.588. The van der Waals surface area contributed by atoms with Crippen molar-refractivity contribution in [2.75, 3.05) is 25.9 Å². The number of likely N-dealkylation sites (tertiary alicyclic amines) is 1. The number of aryl methyl sites for hydroxylation is 1. The Morgan fingerprint density at radius 2 is 1.62 bits per heavy atom. The summed E-state index contributed by atoms with van der Waals surface area (Å²) in [5, 5.41) is 0. The quantitative estimate of drug-likeness (QED) is 0.276. The van der Waals surface area contributed by atoms with Gasteiger partial charge in [0.15, 0.2) is 9.84 Å². The summed E-state index contributed by atoms with van der Waals surface area (Å²) in [5.41, 5.74) is 2.64. The van der Waals surface area contributed by atoms with Crippen LogP contribution in [-0.2, 0) is 20.0 Å². The highest BCUT2D eigenvalue weighted by Crippen LogP contribution is 2.45. The summed E-state index contributed by atoms with van der Waals surface area (Å²) in [6.07, 6.45) is 8.20. The highest BCUT2D eigenvalue weighted by molar-refractivity contribution is 7.90. The third-order valence-corrected chi connectivity index (χ3v) is 11.2. The number of fused-ring (bicyclic) bond motifs is 3. The number of piperidine rings is 2. The number of aromatic nitrogens is 2. The van der Waals surface area contributed by atoms with Gasteiger partial charge in [-0.3, -0.25) is 4.90 Å². The Bertz CT molecular complexity index is 1600. The molecule has 3 saturated heterocycles. The van der Waals surface area contributed by atoms with Crippen molar-refractivity contribution in [1.82, 2.24) is 19.4 Å². The van der Waals surface area contributed by atoms with Crippen LogP contribution in [0.5, 0.6) is 0 Å². The van der Waals surface area contributed by atoms with Gasteiger partial charge in [0.2, 0.25) is 0 Å². The summed E-state index contributed by atoms with van der Waals surface area (Å²) in [6, 6.07) is 17.5. The first-order valence-electron chi connectivity index (χ1n) is 15.8. The zero-order valence-corrected chi connectivity index (χ0v) is 29.5. The van der Waals surface area contributed by atoms with Crippen LogP contribution >= 0.6 is 24.8 Å². The molecule has 0 aliphatic carbocycles. The third kappa shape index (κ3) is 7.32. The normalized spacial score (nSPS) is 23.3. The van der Waals surface area contributed by atoms with Crippen LogP contribution in [0.1, 0.15) is 83.1 Å². The predicted molar refractivity (Wildman–Crippen MR) is 184 cm³/mol. The minimum absolute atomic E-state index is 0. The maximum absolute atomic E-state index is 12.9. The van der Waals surface area contributed by atoms with E-state index < -0.39 is 15.4 Å². The van der Waals surface area contributed by atoms with E-state index in [-0.39, 0.29) is 36.3 Å². The van der Waals surface area contributed by atoms with E-state index in [1.54, 1.807) is 6.07 Å². The van der Waals surface area contributed by atoms with Gasteiger partial charge in [-0.05, 0) is 114 Å². The summed E-state index contributed by atoms with van der Waals surface area (Å²) in [7, 11) is -3.33. The second kappa shape index (κ2) is 13.4. The molecule has 3 aliphatic heterocycles. The van der Waals surface area contributed by atoms with Crippen LogP contribution in [-0.4, -0.2) is 77.4 Å². The Hall–Kier alpha value is -2.33. The Labute approximate surface area is 280 Å². The number of carbonyl (C=O) groups excluding carboxylic acids is 1. The molecular formula is C34H48Cl2N4O4S. The van der Waals surface area contributed by atoms with Crippen LogP contribution in [0.25, 0.3) is 11.0 Å². The van der Waals surface area contributed by atoms with E-state index in [1.165, 1.54) is 24.6 Å². The largest absolute Gasteiger partial charge is 0.444 e. The van der Waals surface area contributed by atoms with E-state index >= 15 is 0 Å². The van der Waals surface area contributed by atoms with Gasteiger partial charge >= 0.3 is 6.09 Å². The lowest BCUT2D eigenvalue weighted by atomic mass is 9.70. The van der Waals surface area contributed by atoms with Crippen molar-refractivity contribution in [1.29, 1.82) is 0 Å². The first-order valence-corrected chi connectivity index (χ1v) is 17.7. The van der Waals surface area contributed by atoms with Crippen LogP contribution in [0.15, 0.2) is 53.4 Å². The number of nitrogens with zero attached hydrogens (tertiary/aromatic N) is 4. The smallest absolute Gasteiger partial charge is 0.410 e. The van der Waals surface area contributed by atoms with E-state index in [1.807, 2.05) is 37.8 Å². The lowest BCUT2D eigenvalue weighted by Gasteiger charge is -2.45. The third-order valence-electron chi connectivity index (χ3n) is 10.1. The number of rotatable bonds is 6. The number of para-hydroxylation sites is 2. The highest BCUT2D eigenvalue weighted by Gasteiger charge is 2.44. The zero-order chi connectivity index (χ0) is 30.6. The monoisotopic (exact) mass is 678 g/mol. The molecule has 0 N–H and O–H groups in total. The Morgan fingerprint density at radius 3 is 2.24 bits per heavy atom. The average molecular weight is 680 g/mol. The molecule has 3 atom stereocenters. The van der Waals surface area contributed by atoms with E-state index in [2.05, 4.69) is 46.7 Å². The Morgan fingerprint density at radius 1 is 0.978 bits per heavy atom. The summed E-state index contributed by atoms with van der Waals surface area (Å²) in [6.45, 7) is 9.98. The van der Waals surface area contributed by atoms with Crippen LogP contribution < -0.4 is 0 Å². The molecule has 0 spiro atoms. The summed E-state index contributed by atoms with van der Waals surface area (Å²) in [5.74, 6) is 1.10. The van der Waals surface area contributed by atoms with Gasteiger partial charge in [-0.2, -0.15) is 0 Å². The Kier molecular flexibility index (Phi) is 10.6. The summed E-state index contributed by atoms with van der Waals surface area (Å²) in [4.78, 5) is 22.7. The van der Waals surface area contributed by atoms with E-state index in [9.17, 15) is 13.2 Å². The number of ether oxygens (including phenoxy) is 1. The molecule has 1 aromatic heterocycles. The van der Waals surface area contributed by atoms with Gasteiger partial charge in [0.1, 0.15) is 11.4 Å². The second-order valence-corrected chi connectivity index (χ2v) is 16.1. The highest BCUT2D eigenvalue weighted by atomic mass is 35.5. The molecule has 11 heteroatoms. The molecule has 0 saturated carbocycles. The topological polar surface area (TPSA) is 84.7 Å². The van der Waals surface area contributed by atoms with Crippen LogP contribution in [0.2, 0.25) is 0 Å². The van der Waals surface area contributed by atoms with Gasteiger partial charge in [0.05, 0.1) is 15.9 Å². The number of benzene rings is 2. The number of hydrogen-bond acceptors (Lipinski definition) is 6. The molecule has 8 nitrogen and oxygen atoms in total. The first kappa shape index (κ1) is 35.5. The van der Waals surface area contributed by atoms with E-state index in [0.29, 0.717) is 36.1 Å². The predicted octanol–water partition coefficient (Wildman–Crippen LogP) is 7.12. The molecule has 3 aliphatic rings. The van der Waals surface area contributed by atoms with Gasteiger partial charge in [-0.1, -0.05) is 24.3 Å². The molecule has 1 unspecified atom stereocenters. The molecular weight excluding hydrogens is 631 g/mol. The van der Waals surface area contributed by atoms with Crippen molar-refractivity contribution >= 4 is 51.8 Å². The number of halogens is 2. The fourth-order valence-electron chi connectivity index (χ4n) is 7.97. The van der Waals surface area contributed by atoms with Gasteiger partial charge in [0, 0.05) is 37.5 Å². The molecule has 0 radical (unpaired) electrons. The maximum Gasteiger partial charge on any atom is 0.410 e. The fourth-order valence-corrected chi connectivity index (χ4v) is 8.64. The molecule has 2 aromatic carbocycles. The maximum atomic E-state index is 12.9. The van der Waals surface area contributed by atoms with Crippen LogP contribution in [0.3, 0.4) is 0 Å².